The van der Waals surface area contributed by atoms with E-state index in [-0.39, 0.29) is 11.8 Å². The summed E-state index contributed by atoms with van der Waals surface area (Å²) in [7, 11) is 4.91. The highest BCUT2D eigenvalue weighted by atomic mass is 16.5. The number of carbonyl (C=O) groups is 2. The number of methoxy groups -OCH3 is 1. The van der Waals surface area contributed by atoms with Gasteiger partial charge in [-0.1, -0.05) is 26.0 Å². The topological polar surface area (TPSA) is 63.6 Å². The Morgan fingerprint density at radius 2 is 1.66 bits per heavy atom. The molecule has 0 spiro atoms. The van der Waals surface area contributed by atoms with Gasteiger partial charge in [0.25, 0.3) is 11.8 Å². The third-order valence-corrected chi connectivity index (χ3v) is 5.59. The molecule has 0 fully saturated rings. The van der Waals surface area contributed by atoms with Crippen molar-refractivity contribution in [3.8, 4) is 11.4 Å². The third-order valence-electron chi connectivity index (χ3n) is 5.59. The highest BCUT2D eigenvalue weighted by molar-refractivity contribution is 6.07. The molecule has 0 radical (unpaired) electrons. The van der Waals surface area contributed by atoms with Crippen molar-refractivity contribution < 1.29 is 14.3 Å². The van der Waals surface area contributed by atoms with Crippen LogP contribution in [-0.4, -0.2) is 42.5 Å². The Kier molecular flexibility index (Phi) is 6.72. The zero-order chi connectivity index (χ0) is 23.6. The Balaban J connectivity index is 1.93. The van der Waals surface area contributed by atoms with Crippen molar-refractivity contribution in [2.24, 2.45) is 0 Å². The predicted octanol–water partition coefficient (Wildman–Crippen LogP) is 5.18. The number of benzene rings is 2. The molecular weight excluding hydrogens is 402 g/mol. The van der Waals surface area contributed by atoms with Gasteiger partial charge < -0.3 is 19.5 Å². The molecule has 1 heterocycles. The minimum Gasteiger partial charge on any atom is -0.495 e. The standard InChI is InChI=1S/C26H31N3O3/c1-16(2)19-8-11-21(12-9-19)29-17(3)14-22(18(29)4)25(30)27-23-15-20(26(31)28(5)6)10-13-24(23)32-7/h8-16H,1-7H3,(H,27,30). The van der Waals surface area contributed by atoms with Crippen LogP contribution in [0.5, 0.6) is 5.75 Å². The largest absolute Gasteiger partial charge is 0.495 e. The summed E-state index contributed by atoms with van der Waals surface area (Å²) in [6.07, 6.45) is 0. The van der Waals surface area contributed by atoms with Crippen molar-refractivity contribution >= 4 is 17.5 Å². The Morgan fingerprint density at radius 3 is 2.22 bits per heavy atom. The number of amides is 2. The smallest absolute Gasteiger partial charge is 0.257 e. The molecule has 0 unspecified atom stereocenters. The van der Waals surface area contributed by atoms with E-state index in [1.54, 1.807) is 32.3 Å². The molecule has 0 aliphatic rings. The molecule has 3 aromatic rings. The van der Waals surface area contributed by atoms with Crippen molar-refractivity contribution in [1.82, 2.24) is 9.47 Å². The molecule has 2 aromatic carbocycles. The van der Waals surface area contributed by atoms with E-state index in [1.165, 1.54) is 17.6 Å². The molecule has 32 heavy (non-hydrogen) atoms. The molecule has 168 valence electrons. The molecule has 1 aromatic heterocycles. The van der Waals surface area contributed by atoms with E-state index in [9.17, 15) is 9.59 Å². The van der Waals surface area contributed by atoms with Crippen molar-refractivity contribution in [2.75, 3.05) is 26.5 Å². The Bertz CT molecular complexity index is 1140. The van der Waals surface area contributed by atoms with Gasteiger partial charge in [0, 0.05) is 36.7 Å². The van der Waals surface area contributed by atoms with Gasteiger partial charge in [-0.05, 0) is 61.7 Å². The minimum absolute atomic E-state index is 0.147. The molecule has 6 heteroatoms. The van der Waals surface area contributed by atoms with E-state index in [1.807, 2.05) is 19.9 Å². The van der Waals surface area contributed by atoms with Gasteiger partial charge in [0.1, 0.15) is 5.75 Å². The molecule has 0 aliphatic carbocycles. The number of nitrogens with zero attached hydrogens (tertiary/aromatic N) is 2. The lowest BCUT2D eigenvalue weighted by molar-refractivity contribution is 0.0827. The summed E-state index contributed by atoms with van der Waals surface area (Å²) < 4.78 is 7.46. The van der Waals surface area contributed by atoms with Crippen LogP contribution < -0.4 is 10.1 Å². The molecule has 3 rings (SSSR count). The zero-order valence-corrected chi connectivity index (χ0v) is 19.8. The van der Waals surface area contributed by atoms with Gasteiger partial charge in [-0.2, -0.15) is 0 Å². The molecule has 1 N–H and O–H groups in total. The van der Waals surface area contributed by atoms with Gasteiger partial charge in [-0.15, -0.1) is 0 Å². The Morgan fingerprint density at radius 1 is 1.00 bits per heavy atom. The van der Waals surface area contributed by atoms with Crippen LogP contribution in [0.25, 0.3) is 5.69 Å². The van der Waals surface area contributed by atoms with Crippen LogP contribution in [0.4, 0.5) is 5.69 Å². The fourth-order valence-corrected chi connectivity index (χ4v) is 3.78. The average molecular weight is 434 g/mol. The van der Waals surface area contributed by atoms with Crippen LogP contribution in [-0.2, 0) is 0 Å². The number of anilines is 1. The van der Waals surface area contributed by atoms with Crippen molar-refractivity contribution in [3.05, 3.63) is 76.6 Å². The number of ether oxygens (including phenoxy) is 1. The first-order valence-corrected chi connectivity index (χ1v) is 10.6. The SMILES string of the molecule is COc1ccc(C(=O)N(C)C)cc1NC(=O)c1cc(C)n(-c2ccc(C(C)C)cc2)c1C. The maximum atomic E-state index is 13.2. The lowest BCUT2D eigenvalue weighted by Crippen LogP contribution is -2.22. The van der Waals surface area contributed by atoms with Crippen LogP contribution in [0.2, 0.25) is 0 Å². The van der Waals surface area contributed by atoms with Gasteiger partial charge >= 0.3 is 0 Å². The van der Waals surface area contributed by atoms with Crippen LogP contribution >= 0.6 is 0 Å². The van der Waals surface area contributed by atoms with E-state index in [0.29, 0.717) is 28.5 Å². The summed E-state index contributed by atoms with van der Waals surface area (Å²) in [5, 5.41) is 2.92. The number of nitrogens with one attached hydrogen (secondary N) is 1. The van der Waals surface area contributed by atoms with Crippen molar-refractivity contribution in [1.29, 1.82) is 0 Å². The highest BCUT2D eigenvalue weighted by Crippen LogP contribution is 2.28. The molecule has 0 aliphatic heterocycles. The summed E-state index contributed by atoms with van der Waals surface area (Å²) in [4.78, 5) is 27.0. The number of hydrogen-bond acceptors (Lipinski definition) is 3. The molecule has 0 saturated heterocycles. The van der Waals surface area contributed by atoms with E-state index < -0.39 is 0 Å². The lowest BCUT2D eigenvalue weighted by atomic mass is 10.0. The first-order valence-electron chi connectivity index (χ1n) is 10.6. The van der Waals surface area contributed by atoms with Gasteiger partial charge in [-0.3, -0.25) is 9.59 Å². The number of rotatable bonds is 6. The fraction of sp³-hybridized carbons (Fsp3) is 0.308. The quantitative estimate of drug-likeness (QED) is 0.583. The number of hydrogen-bond donors (Lipinski definition) is 1. The average Bonchev–Trinajstić information content (AvgIpc) is 3.07. The lowest BCUT2D eigenvalue weighted by Gasteiger charge is -2.15. The van der Waals surface area contributed by atoms with Crippen LogP contribution in [0.15, 0.2) is 48.5 Å². The number of carbonyl (C=O) groups excluding carboxylic acids is 2. The van der Waals surface area contributed by atoms with E-state index >= 15 is 0 Å². The second kappa shape index (κ2) is 9.30. The third kappa shape index (κ3) is 4.54. The Labute approximate surface area is 189 Å². The number of aryl methyl sites for hydroxylation is 1. The van der Waals surface area contributed by atoms with Crippen LogP contribution in [0, 0.1) is 13.8 Å². The van der Waals surface area contributed by atoms with E-state index in [0.717, 1.165) is 17.1 Å². The maximum absolute atomic E-state index is 13.2. The summed E-state index contributed by atoms with van der Waals surface area (Å²) >= 11 is 0. The molecule has 0 atom stereocenters. The molecular formula is C26H31N3O3. The fourth-order valence-electron chi connectivity index (χ4n) is 3.78. The van der Waals surface area contributed by atoms with Gasteiger partial charge in [-0.25, -0.2) is 0 Å². The molecule has 6 nitrogen and oxygen atoms in total. The molecule has 0 bridgehead atoms. The normalized spacial score (nSPS) is 10.9. The summed E-state index contributed by atoms with van der Waals surface area (Å²) in [5.74, 6) is 0.552. The summed E-state index contributed by atoms with van der Waals surface area (Å²) in [6.45, 7) is 8.25. The maximum Gasteiger partial charge on any atom is 0.257 e. The molecule has 0 saturated carbocycles. The van der Waals surface area contributed by atoms with E-state index in [2.05, 4.69) is 48.0 Å². The van der Waals surface area contributed by atoms with Gasteiger partial charge in [0.15, 0.2) is 0 Å². The first-order chi connectivity index (χ1) is 15.1. The minimum atomic E-state index is -0.254. The first kappa shape index (κ1) is 23.1. The zero-order valence-electron chi connectivity index (χ0n) is 19.8. The monoisotopic (exact) mass is 433 g/mol. The predicted molar refractivity (Wildman–Crippen MR) is 128 cm³/mol. The summed E-state index contributed by atoms with van der Waals surface area (Å²) in [5.41, 5.74) is 5.60. The molecule has 2 amide bonds. The van der Waals surface area contributed by atoms with Gasteiger partial charge in [0.2, 0.25) is 0 Å². The number of aromatic nitrogens is 1. The van der Waals surface area contributed by atoms with Crippen molar-refractivity contribution in [3.63, 3.8) is 0 Å². The van der Waals surface area contributed by atoms with E-state index in [4.69, 9.17) is 4.74 Å². The second-order valence-corrected chi connectivity index (χ2v) is 8.44. The Hall–Kier alpha value is -3.54. The van der Waals surface area contributed by atoms with Crippen LogP contribution in [0.3, 0.4) is 0 Å². The summed E-state index contributed by atoms with van der Waals surface area (Å²) in [6, 6.07) is 15.3. The van der Waals surface area contributed by atoms with Gasteiger partial charge in [0.05, 0.1) is 18.4 Å². The highest BCUT2D eigenvalue weighted by Gasteiger charge is 2.19. The van der Waals surface area contributed by atoms with Crippen LogP contribution in [0.1, 0.15) is 57.4 Å². The van der Waals surface area contributed by atoms with Crippen molar-refractivity contribution in [2.45, 2.75) is 33.6 Å². The second-order valence-electron chi connectivity index (χ2n) is 8.44.